The second-order valence-electron chi connectivity index (χ2n) is 4.98. The first-order valence-electron chi connectivity index (χ1n) is 6.56. The van der Waals surface area contributed by atoms with Gasteiger partial charge in [-0.2, -0.15) is 0 Å². The van der Waals surface area contributed by atoms with Crippen molar-refractivity contribution in [1.82, 2.24) is 14.4 Å². The monoisotopic (exact) mass is 267 g/mol. The standard InChI is InChI=1S/C16H17N3O/c1-10-7-13(20-4)8-11(2)15(10)16-12(3)18-9-14-17-5-6-19(14)16/h5-9H,1-4H3. The van der Waals surface area contributed by atoms with Crippen molar-refractivity contribution in [1.29, 1.82) is 0 Å². The summed E-state index contributed by atoms with van der Waals surface area (Å²) in [7, 11) is 1.69. The fourth-order valence-electron chi connectivity index (χ4n) is 2.71. The van der Waals surface area contributed by atoms with Gasteiger partial charge >= 0.3 is 0 Å². The van der Waals surface area contributed by atoms with E-state index in [1.807, 2.05) is 13.1 Å². The maximum absolute atomic E-state index is 5.33. The highest BCUT2D eigenvalue weighted by molar-refractivity contribution is 5.72. The van der Waals surface area contributed by atoms with Crippen LogP contribution in [0.3, 0.4) is 0 Å². The SMILES string of the molecule is COc1cc(C)c(-c2c(C)ncc3nccn23)c(C)c1. The Labute approximate surface area is 118 Å². The number of rotatable bonds is 2. The van der Waals surface area contributed by atoms with Crippen molar-refractivity contribution in [3.63, 3.8) is 0 Å². The molecular formula is C16H17N3O. The second kappa shape index (κ2) is 4.63. The van der Waals surface area contributed by atoms with Crippen molar-refractivity contribution in [2.75, 3.05) is 7.11 Å². The summed E-state index contributed by atoms with van der Waals surface area (Å²) < 4.78 is 7.42. The van der Waals surface area contributed by atoms with Gasteiger partial charge in [0.1, 0.15) is 5.75 Å². The van der Waals surface area contributed by atoms with Gasteiger partial charge in [0.2, 0.25) is 0 Å². The van der Waals surface area contributed by atoms with Crippen LogP contribution in [-0.2, 0) is 0 Å². The van der Waals surface area contributed by atoms with Gasteiger partial charge in [-0.15, -0.1) is 0 Å². The Morgan fingerprint density at radius 2 is 1.75 bits per heavy atom. The van der Waals surface area contributed by atoms with E-state index in [2.05, 4.69) is 40.3 Å². The van der Waals surface area contributed by atoms with Crippen molar-refractivity contribution in [2.24, 2.45) is 0 Å². The smallest absolute Gasteiger partial charge is 0.155 e. The van der Waals surface area contributed by atoms with Crippen LogP contribution in [0.25, 0.3) is 16.9 Å². The molecule has 4 heteroatoms. The molecule has 1 aromatic carbocycles. The number of benzene rings is 1. The molecule has 0 radical (unpaired) electrons. The van der Waals surface area contributed by atoms with Crippen LogP contribution in [0.4, 0.5) is 0 Å². The Morgan fingerprint density at radius 1 is 1.05 bits per heavy atom. The zero-order valence-electron chi connectivity index (χ0n) is 12.1. The van der Waals surface area contributed by atoms with Gasteiger partial charge < -0.3 is 4.74 Å². The van der Waals surface area contributed by atoms with Crippen LogP contribution < -0.4 is 4.74 Å². The largest absolute Gasteiger partial charge is 0.497 e. The van der Waals surface area contributed by atoms with Gasteiger partial charge in [0.25, 0.3) is 0 Å². The normalized spacial score (nSPS) is 11.0. The summed E-state index contributed by atoms with van der Waals surface area (Å²) in [5, 5.41) is 0. The summed E-state index contributed by atoms with van der Waals surface area (Å²) in [6, 6.07) is 4.11. The zero-order valence-corrected chi connectivity index (χ0v) is 12.1. The summed E-state index contributed by atoms with van der Waals surface area (Å²) in [5.41, 5.74) is 6.49. The predicted octanol–water partition coefficient (Wildman–Crippen LogP) is 3.33. The highest BCUT2D eigenvalue weighted by atomic mass is 16.5. The lowest BCUT2D eigenvalue weighted by Crippen LogP contribution is -2.01. The minimum absolute atomic E-state index is 0.861. The molecule has 0 aliphatic rings. The van der Waals surface area contributed by atoms with Gasteiger partial charge in [-0.05, 0) is 44.0 Å². The van der Waals surface area contributed by atoms with Crippen LogP contribution in [0.5, 0.6) is 5.75 Å². The topological polar surface area (TPSA) is 39.4 Å². The van der Waals surface area contributed by atoms with Crippen LogP contribution in [0.15, 0.2) is 30.7 Å². The van der Waals surface area contributed by atoms with Crippen molar-refractivity contribution >= 4 is 5.65 Å². The van der Waals surface area contributed by atoms with Gasteiger partial charge in [-0.25, -0.2) is 4.98 Å². The molecule has 2 aromatic heterocycles. The molecule has 0 saturated heterocycles. The van der Waals surface area contributed by atoms with E-state index in [1.54, 1.807) is 19.5 Å². The van der Waals surface area contributed by atoms with Gasteiger partial charge in [0.05, 0.1) is 24.7 Å². The van der Waals surface area contributed by atoms with Gasteiger partial charge in [0.15, 0.2) is 5.65 Å². The minimum Gasteiger partial charge on any atom is -0.497 e. The molecule has 4 nitrogen and oxygen atoms in total. The molecule has 0 fully saturated rings. The Hall–Kier alpha value is -2.36. The van der Waals surface area contributed by atoms with Crippen molar-refractivity contribution < 1.29 is 4.74 Å². The van der Waals surface area contributed by atoms with E-state index in [1.165, 1.54) is 16.7 Å². The Balaban J connectivity index is 2.36. The first-order valence-corrected chi connectivity index (χ1v) is 6.56. The molecule has 20 heavy (non-hydrogen) atoms. The van der Waals surface area contributed by atoms with Crippen LogP contribution >= 0.6 is 0 Å². The van der Waals surface area contributed by atoms with Crippen LogP contribution in [0.1, 0.15) is 16.8 Å². The summed E-state index contributed by atoms with van der Waals surface area (Å²) in [6.07, 6.45) is 5.57. The molecule has 0 amide bonds. The number of aromatic nitrogens is 3. The third-order valence-corrected chi connectivity index (χ3v) is 3.61. The molecule has 0 saturated carbocycles. The average molecular weight is 267 g/mol. The van der Waals surface area contributed by atoms with Crippen LogP contribution in [-0.4, -0.2) is 21.5 Å². The Bertz CT molecular complexity index is 767. The highest BCUT2D eigenvalue weighted by Crippen LogP contribution is 2.32. The lowest BCUT2D eigenvalue weighted by atomic mass is 9.98. The third kappa shape index (κ3) is 1.84. The van der Waals surface area contributed by atoms with E-state index in [9.17, 15) is 0 Å². The number of hydrogen-bond acceptors (Lipinski definition) is 3. The molecule has 0 aliphatic heterocycles. The Morgan fingerprint density at radius 3 is 2.40 bits per heavy atom. The quantitative estimate of drug-likeness (QED) is 0.715. The van der Waals surface area contributed by atoms with Gasteiger partial charge in [-0.1, -0.05) is 0 Å². The molecule has 3 aromatic rings. The second-order valence-corrected chi connectivity index (χ2v) is 4.98. The summed E-state index contributed by atoms with van der Waals surface area (Å²) in [4.78, 5) is 8.78. The molecule has 3 rings (SSSR count). The number of fused-ring (bicyclic) bond motifs is 1. The zero-order chi connectivity index (χ0) is 14.3. The van der Waals surface area contributed by atoms with Crippen molar-refractivity contribution in [3.05, 3.63) is 47.5 Å². The molecule has 0 unspecified atom stereocenters. The fourth-order valence-corrected chi connectivity index (χ4v) is 2.71. The molecular weight excluding hydrogens is 250 g/mol. The van der Waals surface area contributed by atoms with Crippen LogP contribution in [0.2, 0.25) is 0 Å². The molecule has 0 aliphatic carbocycles. The molecule has 0 atom stereocenters. The number of ether oxygens (including phenoxy) is 1. The predicted molar refractivity (Wildman–Crippen MR) is 79.2 cm³/mol. The summed E-state index contributed by atoms with van der Waals surface area (Å²) in [5.74, 6) is 0.882. The van der Waals surface area contributed by atoms with Gasteiger partial charge in [0, 0.05) is 18.0 Å². The molecule has 2 heterocycles. The third-order valence-electron chi connectivity index (χ3n) is 3.61. The van der Waals surface area contributed by atoms with Gasteiger partial charge in [-0.3, -0.25) is 9.38 Å². The number of aryl methyl sites for hydroxylation is 3. The minimum atomic E-state index is 0.861. The van der Waals surface area contributed by atoms with E-state index >= 15 is 0 Å². The highest BCUT2D eigenvalue weighted by Gasteiger charge is 2.14. The summed E-state index contributed by atoms with van der Waals surface area (Å²) >= 11 is 0. The van der Waals surface area contributed by atoms with E-state index < -0.39 is 0 Å². The van der Waals surface area contributed by atoms with E-state index in [0.29, 0.717) is 0 Å². The number of imidazole rings is 1. The van der Waals surface area contributed by atoms with Crippen molar-refractivity contribution in [3.8, 4) is 17.0 Å². The van der Waals surface area contributed by atoms with E-state index in [0.717, 1.165) is 22.8 Å². The first kappa shape index (κ1) is 12.7. The first-order chi connectivity index (χ1) is 9.61. The number of nitrogens with zero attached hydrogens (tertiary/aromatic N) is 3. The van der Waals surface area contributed by atoms with E-state index in [-0.39, 0.29) is 0 Å². The maximum atomic E-state index is 5.33. The lowest BCUT2D eigenvalue weighted by molar-refractivity contribution is 0.414. The molecule has 102 valence electrons. The number of methoxy groups -OCH3 is 1. The molecule has 0 spiro atoms. The Kier molecular flexibility index (Phi) is 2.93. The lowest BCUT2D eigenvalue weighted by Gasteiger charge is -2.15. The number of hydrogen-bond donors (Lipinski definition) is 0. The maximum Gasteiger partial charge on any atom is 0.155 e. The fraction of sp³-hybridized carbons (Fsp3) is 0.250. The molecule has 0 N–H and O–H groups in total. The average Bonchev–Trinajstić information content (AvgIpc) is 2.88. The van der Waals surface area contributed by atoms with Crippen LogP contribution in [0, 0.1) is 20.8 Å². The van der Waals surface area contributed by atoms with Crippen molar-refractivity contribution in [2.45, 2.75) is 20.8 Å². The van der Waals surface area contributed by atoms with E-state index in [4.69, 9.17) is 4.74 Å². The summed E-state index contributed by atoms with van der Waals surface area (Å²) in [6.45, 7) is 6.22. The molecule has 0 bridgehead atoms.